The molecule has 7 nitrogen and oxygen atoms in total. The Hall–Kier alpha value is -3.68. The lowest BCUT2D eigenvalue weighted by Crippen LogP contribution is -2.16. The van der Waals surface area contributed by atoms with Gasteiger partial charge in [-0.1, -0.05) is 41.4 Å². The summed E-state index contributed by atoms with van der Waals surface area (Å²) >= 11 is 12.6. The first-order valence-corrected chi connectivity index (χ1v) is 11.5. The molecule has 9 heteroatoms. The number of nitrogens with one attached hydrogen (secondary N) is 1. The van der Waals surface area contributed by atoms with Crippen LogP contribution in [-0.4, -0.2) is 25.8 Å². The molecule has 1 aromatic heterocycles. The highest BCUT2D eigenvalue weighted by Gasteiger charge is 2.14. The number of amides is 1. The van der Waals surface area contributed by atoms with Crippen LogP contribution in [0.25, 0.3) is 11.0 Å². The number of nitrogens with zero attached hydrogens (tertiary/aromatic N) is 1. The average molecular weight is 513 g/mol. The number of hydrogen-bond donors (Lipinski definition) is 1. The molecule has 0 aliphatic carbocycles. The van der Waals surface area contributed by atoms with E-state index in [-0.39, 0.29) is 12.4 Å². The molecule has 180 valence electrons. The van der Waals surface area contributed by atoms with Crippen LogP contribution >= 0.6 is 23.2 Å². The summed E-state index contributed by atoms with van der Waals surface area (Å²) in [5, 5.41) is 5.69. The second kappa shape index (κ2) is 11.2. The Kier molecular flexibility index (Phi) is 7.80. The number of carbonyl (C=O) groups is 1. The molecule has 3 aromatic carbocycles. The van der Waals surface area contributed by atoms with Gasteiger partial charge in [0.2, 0.25) is 0 Å². The molecule has 0 atom stereocenters. The van der Waals surface area contributed by atoms with Gasteiger partial charge >= 0.3 is 5.91 Å². The second-order valence-corrected chi connectivity index (χ2v) is 8.17. The Bertz CT molecular complexity index is 1380. The van der Waals surface area contributed by atoms with Crippen molar-refractivity contribution in [1.29, 1.82) is 0 Å². The predicted molar refractivity (Wildman–Crippen MR) is 136 cm³/mol. The molecule has 4 rings (SSSR count). The van der Waals surface area contributed by atoms with Crippen molar-refractivity contribution in [1.82, 2.24) is 5.43 Å². The second-order valence-electron chi connectivity index (χ2n) is 7.36. The minimum atomic E-state index is -0.492. The van der Waals surface area contributed by atoms with Gasteiger partial charge in [-0.3, -0.25) is 4.79 Å². The maximum atomic E-state index is 12.5. The Morgan fingerprint density at radius 1 is 1.06 bits per heavy atom. The maximum Gasteiger partial charge on any atom is 0.307 e. The number of halogens is 2. The molecule has 35 heavy (non-hydrogen) atoms. The van der Waals surface area contributed by atoms with Gasteiger partial charge < -0.3 is 18.6 Å². The Labute approximate surface area is 212 Å². The van der Waals surface area contributed by atoms with Gasteiger partial charge in [0, 0.05) is 16.0 Å². The number of benzene rings is 3. The van der Waals surface area contributed by atoms with Gasteiger partial charge in [-0.25, -0.2) is 5.43 Å². The molecule has 0 fully saturated rings. The molecule has 1 N–H and O–H groups in total. The fourth-order valence-corrected chi connectivity index (χ4v) is 3.79. The summed E-state index contributed by atoms with van der Waals surface area (Å²) in [6.07, 6.45) is 1.44. The van der Waals surface area contributed by atoms with E-state index < -0.39 is 5.91 Å². The van der Waals surface area contributed by atoms with E-state index in [4.69, 9.17) is 41.8 Å². The molecule has 0 aliphatic heterocycles. The zero-order valence-electron chi connectivity index (χ0n) is 19.0. The molecule has 4 aromatic rings. The molecular weight excluding hydrogens is 491 g/mol. The summed E-state index contributed by atoms with van der Waals surface area (Å²) < 4.78 is 22.4. The van der Waals surface area contributed by atoms with Gasteiger partial charge in [0.25, 0.3) is 0 Å². The van der Waals surface area contributed by atoms with Gasteiger partial charge in [-0.2, -0.15) is 5.10 Å². The minimum absolute atomic E-state index is 0.129. The standard InChI is InChI=1S/C26H22Cl2N2O5/c1-3-33-19-8-9-22-18(12-19)13-24(35-22)26(31)30-29-14-16-10-21(28)25(23(11-16)32-2)34-15-17-6-4-5-7-20(17)27/h4-14H,3,15H2,1-2H3,(H,30,31)/b29-14+. The molecule has 0 saturated carbocycles. The third-order valence-corrected chi connectivity index (χ3v) is 5.63. The molecule has 1 amide bonds. The van der Waals surface area contributed by atoms with Gasteiger partial charge in [0.1, 0.15) is 17.9 Å². The number of furan rings is 1. The van der Waals surface area contributed by atoms with Crippen LogP contribution in [0, 0.1) is 0 Å². The van der Waals surface area contributed by atoms with Crippen molar-refractivity contribution < 1.29 is 23.4 Å². The van der Waals surface area contributed by atoms with Crippen LogP contribution in [-0.2, 0) is 6.61 Å². The first kappa shape index (κ1) is 24.4. The quantitative estimate of drug-likeness (QED) is 0.204. The molecule has 0 saturated heterocycles. The van der Waals surface area contributed by atoms with Crippen molar-refractivity contribution in [2.75, 3.05) is 13.7 Å². The molecule has 0 bridgehead atoms. The Morgan fingerprint density at radius 3 is 2.66 bits per heavy atom. The highest BCUT2D eigenvalue weighted by Crippen LogP contribution is 2.37. The van der Waals surface area contributed by atoms with Gasteiger partial charge in [-0.05, 0) is 55.0 Å². The Balaban J connectivity index is 1.44. The minimum Gasteiger partial charge on any atom is -0.494 e. The highest BCUT2D eigenvalue weighted by atomic mass is 35.5. The van der Waals surface area contributed by atoms with Crippen LogP contribution in [0.4, 0.5) is 0 Å². The topological polar surface area (TPSA) is 82.3 Å². The lowest BCUT2D eigenvalue weighted by atomic mass is 10.2. The predicted octanol–water partition coefficient (Wildman–Crippen LogP) is 6.49. The number of hydrogen-bond acceptors (Lipinski definition) is 6. The maximum absolute atomic E-state index is 12.5. The number of hydrazone groups is 1. The van der Waals surface area contributed by atoms with Gasteiger partial charge in [-0.15, -0.1) is 0 Å². The zero-order valence-corrected chi connectivity index (χ0v) is 20.5. The first-order chi connectivity index (χ1) is 17.0. The van der Waals surface area contributed by atoms with Crippen molar-refractivity contribution in [2.24, 2.45) is 5.10 Å². The van der Waals surface area contributed by atoms with E-state index in [1.54, 1.807) is 36.4 Å². The third-order valence-electron chi connectivity index (χ3n) is 4.98. The Morgan fingerprint density at radius 2 is 1.89 bits per heavy atom. The number of ether oxygens (including phenoxy) is 3. The number of methoxy groups -OCH3 is 1. The van der Waals surface area contributed by atoms with E-state index in [0.29, 0.717) is 45.0 Å². The van der Waals surface area contributed by atoms with Crippen molar-refractivity contribution in [3.8, 4) is 17.2 Å². The van der Waals surface area contributed by atoms with E-state index in [1.165, 1.54) is 13.3 Å². The molecule has 0 radical (unpaired) electrons. The van der Waals surface area contributed by atoms with Crippen LogP contribution in [0.15, 0.2) is 70.2 Å². The third kappa shape index (κ3) is 5.88. The van der Waals surface area contributed by atoms with Crippen LogP contribution < -0.4 is 19.6 Å². The number of rotatable bonds is 9. The smallest absolute Gasteiger partial charge is 0.307 e. The molecule has 1 heterocycles. The molecule has 0 unspecified atom stereocenters. The lowest BCUT2D eigenvalue weighted by Gasteiger charge is -2.14. The van der Waals surface area contributed by atoms with Crippen molar-refractivity contribution in [3.63, 3.8) is 0 Å². The van der Waals surface area contributed by atoms with Gasteiger partial charge in [0.05, 0.1) is 25.0 Å². The average Bonchev–Trinajstić information content (AvgIpc) is 3.28. The summed E-state index contributed by atoms with van der Waals surface area (Å²) in [4.78, 5) is 12.5. The summed E-state index contributed by atoms with van der Waals surface area (Å²) in [6, 6.07) is 17.7. The van der Waals surface area contributed by atoms with Crippen molar-refractivity contribution in [3.05, 3.63) is 87.6 Å². The van der Waals surface area contributed by atoms with Gasteiger partial charge in [0.15, 0.2) is 17.3 Å². The first-order valence-electron chi connectivity index (χ1n) is 10.7. The summed E-state index contributed by atoms with van der Waals surface area (Å²) in [6.45, 7) is 2.68. The van der Waals surface area contributed by atoms with E-state index in [0.717, 1.165) is 10.9 Å². The fourth-order valence-electron chi connectivity index (χ4n) is 3.33. The van der Waals surface area contributed by atoms with E-state index in [2.05, 4.69) is 10.5 Å². The van der Waals surface area contributed by atoms with Crippen molar-refractivity contribution >= 4 is 46.3 Å². The van der Waals surface area contributed by atoms with Crippen LogP contribution in [0.3, 0.4) is 0 Å². The number of fused-ring (bicyclic) bond motifs is 1. The fraction of sp³-hybridized carbons (Fsp3) is 0.154. The zero-order chi connectivity index (χ0) is 24.8. The molecule has 0 aliphatic rings. The van der Waals surface area contributed by atoms with Crippen molar-refractivity contribution in [2.45, 2.75) is 13.5 Å². The molecular formula is C26H22Cl2N2O5. The van der Waals surface area contributed by atoms with Crippen LogP contribution in [0.1, 0.15) is 28.6 Å². The van der Waals surface area contributed by atoms with E-state index >= 15 is 0 Å². The van der Waals surface area contributed by atoms with E-state index in [9.17, 15) is 4.79 Å². The summed E-state index contributed by atoms with van der Waals surface area (Å²) in [5.41, 5.74) is 4.44. The summed E-state index contributed by atoms with van der Waals surface area (Å²) in [5.74, 6) is 1.14. The normalized spacial score (nSPS) is 11.1. The highest BCUT2D eigenvalue weighted by molar-refractivity contribution is 6.32. The number of carbonyl (C=O) groups excluding carboxylic acids is 1. The van der Waals surface area contributed by atoms with Crippen LogP contribution in [0.2, 0.25) is 10.0 Å². The van der Waals surface area contributed by atoms with E-state index in [1.807, 2.05) is 31.2 Å². The van der Waals surface area contributed by atoms with Crippen LogP contribution in [0.5, 0.6) is 17.2 Å². The largest absolute Gasteiger partial charge is 0.494 e. The summed E-state index contributed by atoms with van der Waals surface area (Å²) in [7, 11) is 1.51. The molecule has 0 spiro atoms. The lowest BCUT2D eigenvalue weighted by molar-refractivity contribution is 0.0929. The SMILES string of the molecule is CCOc1ccc2oc(C(=O)N/N=C/c3cc(Cl)c(OCc4ccccc4Cl)c(OC)c3)cc2c1. The monoisotopic (exact) mass is 512 g/mol.